The monoisotopic (exact) mass is 393 g/mol. The van der Waals surface area contributed by atoms with Gasteiger partial charge in [-0.25, -0.2) is 4.98 Å². The van der Waals surface area contributed by atoms with Gasteiger partial charge in [0.25, 0.3) is 0 Å². The number of thioether (sulfide) groups is 1. The zero-order valence-corrected chi connectivity index (χ0v) is 15.7. The predicted molar refractivity (Wildman–Crippen MR) is 105 cm³/mol. The van der Waals surface area contributed by atoms with E-state index >= 15 is 0 Å². The van der Waals surface area contributed by atoms with Gasteiger partial charge in [-0.15, -0.1) is 0 Å². The van der Waals surface area contributed by atoms with Crippen LogP contribution in [0, 0.1) is 11.3 Å². The van der Waals surface area contributed by atoms with Crippen LogP contribution in [0.1, 0.15) is 5.56 Å². The lowest BCUT2D eigenvalue weighted by atomic mass is 10.1. The van der Waals surface area contributed by atoms with Gasteiger partial charge in [-0.05, 0) is 36.4 Å². The quantitative estimate of drug-likeness (QED) is 0.662. The molecule has 0 atom stereocenters. The minimum atomic E-state index is -0.204. The van der Waals surface area contributed by atoms with Gasteiger partial charge in [0, 0.05) is 17.1 Å². The number of amides is 1. The Hall–Kier alpha value is -3.44. The highest BCUT2D eigenvalue weighted by molar-refractivity contribution is 8.00. The zero-order chi connectivity index (χ0) is 19.5. The maximum Gasteiger partial charge on any atom is 0.234 e. The smallest absolute Gasteiger partial charge is 0.234 e. The summed E-state index contributed by atoms with van der Waals surface area (Å²) in [6.45, 7) is 0.180. The molecule has 1 aromatic heterocycles. The second-order valence-corrected chi connectivity index (χ2v) is 6.88. The van der Waals surface area contributed by atoms with Crippen LogP contribution < -0.4 is 19.5 Å². The number of nitriles is 1. The van der Waals surface area contributed by atoms with Crippen LogP contribution in [0.15, 0.2) is 47.5 Å². The summed E-state index contributed by atoms with van der Waals surface area (Å²) in [6, 6.07) is 14.6. The fraction of sp³-hybridized carbons (Fsp3) is 0.150. The van der Waals surface area contributed by atoms with Crippen LogP contribution in [0.4, 0.5) is 5.69 Å². The van der Waals surface area contributed by atoms with Gasteiger partial charge in [-0.2, -0.15) is 5.26 Å². The average molecular weight is 393 g/mol. The number of carbonyl (C=O) groups excluding carboxylic acids is 1. The number of fused-ring (bicyclic) bond motifs is 2. The number of pyridine rings is 1. The highest BCUT2D eigenvalue weighted by atomic mass is 32.2. The Labute approximate surface area is 165 Å². The number of anilines is 1. The number of methoxy groups -OCH3 is 1. The maximum absolute atomic E-state index is 12.3. The molecule has 3 aromatic rings. The van der Waals surface area contributed by atoms with Crippen molar-refractivity contribution < 1.29 is 19.0 Å². The minimum Gasteiger partial charge on any atom is -0.497 e. The van der Waals surface area contributed by atoms with Gasteiger partial charge >= 0.3 is 0 Å². The number of rotatable bonds is 5. The van der Waals surface area contributed by atoms with E-state index in [1.165, 1.54) is 11.8 Å². The second kappa shape index (κ2) is 7.66. The van der Waals surface area contributed by atoms with Crippen LogP contribution in [0.5, 0.6) is 17.2 Å². The average Bonchev–Trinajstić information content (AvgIpc) is 3.19. The molecule has 0 saturated heterocycles. The molecule has 2 aromatic carbocycles. The Bertz CT molecular complexity index is 1110. The van der Waals surface area contributed by atoms with Gasteiger partial charge in [0.2, 0.25) is 12.7 Å². The van der Waals surface area contributed by atoms with Crippen molar-refractivity contribution in [1.29, 1.82) is 5.26 Å². The molecule has 0 unspecified atom stereocenters. The summed E-state index contributed by atoms with van der Waals surface area (Å²) < 4.78 is 15.8. The predicted octanol–water partition coefficient (Wildman–Crippen LogP) is 3.57. The summed E-state index contributed by atoms with van der Waals surface area (Å²) >= 11 is 1.22. The summed E-state index contributed by atoms with van der Waals surface area (Å²) in [6.07, 6.45) is 0. The van der Waals surface area contributed by atoms with Crippen LogP contribution in [-0.2, 0) is 4.79 Å². The van der Waals surface area contributed by atoms with Crippen molar-refractivity contribution >= 4 is 34.3 Å². The number of hydrogen-bond donors (Lipinski definition) is 1. The first kappa shape index (κ1) is 17.9. The number of hydrogen-bond acceptors (Lipinski definition) is 7. The van der Waals surface area contributed by atoms with Gasteiger partial charge in [-0.3, -0.25) is 4.79 Å². The first-order valence-corrected chi connectivity index (χ1v) is 9.36. The van der Waals surface area contributed by atoms with Crippen molar-refractivity contribution in [2.45, 2.75) is 5.03 Å². The molecule has 0 bridgehead atoms. The summed E-state index contributed by atoms with van der Waals surface area (Å²) in [4.78, 5) is 16.8. The Morgan fingerprint density at radius 2 is 2.11 bits per heavy atom. The molecule has 1 aliphatic rings. The van der Waals surface area contributed by atoms with Crippen LogP contribution in [0.2, 0.25) is 0 Å². The number of nitrogens with zero attached hydrogens (tertiary/aromatic N) is 2. The van der Waals surface area contributed by atoms with Gasteiger partial charge in [0.1, 0.15) is 16.8 Å². The van der Waals surface area contributed by atoms with Crippen molar-refractivity contribution in [3.8, 4) is 23.3 Å². The molecular formula is C20H15N3O4S. The van der Waals surface area contributed by atoms with Gasteiger partial charge in [0.15, 0.2) is 11.5 Å². The van der Waals surface area contributed by atoms with Crippen LogP contribution in [0.25, 0.3) is 10.9 Å². The number of aromatic nitrogens is 1. The second-order valence-electron chi connectivity index (χ2n) is 5.92. The van der Waals surface area contributed by atoms with Crippen molar-refractivity contribution in [1.82, 2.24) is 4.98 Å². The summed E-state index contributed by atoms with van der Waals surface area (Å²) in [7, 11) is 1.59. The molecule has 2 heterocycles. The van der Waals surface area contributed by atoms with E-state index in [0.29, 0.717) is 33.5 Å². The number of ether oxygens (including phenoxy) is 3. The van der Waals surface area contributed by atoms with Crippen LogP contribution in [0.3, 0.4) is 0 Å². The van der Waals surface area contributed by atoms with E-state index < -0.39 is 0 Å². The molecule has 0 aliphatic carbocycles. The molecule has 4 rings (SSSR count). The normalized spacial score (nSPS) is 11.9. The third-order valence-corrected chi connectivity index (χ3v) is 5.09. The van der Waals surface area contributed by atoms with Crippen LogP contribution in [-0.4, -0.2) is 30.5 Å². The number of carbonyl (C=O) groups is 1. The Balaban J connectivity index is 1.47. The van der Waals surface area contributed by atoms with Crippen molar-refractivity contribution in [2.24, 2.45) is 0 Å². The molecule has 140 valence electrons. The van der Waals surface area contributed by atoms with Crippen molar-refractivity contribution in [3.63, 3.8) is 0 Å². The first-order valence-electron chi connectivity index (χ1n) is 8.37. The van der Waals surface area contributed by atoms with E-state index in [4.69, 9.17) is 14.2 Å². The lowest BCUT2D eigenvalue weighted by Gasteiger charge is -2.08. The van der Waals surface area contributed by atoms with Gasteiger partial charge in [-0.1, -0.05) is 11.8 Å². The Morgan fingerprint density at radius 3 is 2.93 bits per heavy atom. The van der Waals surface area contributed by atoms with Gasteiger partial charge < -0.3 is 19.5 Å². The summed E-state index contributed by atoms with van der Waals surface area (Å²) in [5.41, 5.74) is 1.77. The Kier molecular flexibility index (Phi) is 4.91. The fourth-order valence-electron chi connectivity index (χ4n) is 2.76. The number of nitrogens with one attached hydrogen (secondary N) is 1. The third kappa shape index (κ3) is 3.66. The fourth-order valence-corrected chi connectivity index (χ4v) is 3.52. The molecule has 0 radical (unpaired) electrons. The molecule has 7 nitrogen and oxygen atoms in total. The lowest BCUT2D eigenvalue weighted by Crippen LogP contribution is -2.14. The van der Waals surface area contributed by atoms with E-state index in [0.717, 1.165) is 10.9 Å². The first-order chi connectivity index (χ1) is 13.7. The molecule has 8 heteroatoms. The molecule has 0 fully saturated rings. The molecule has 0 saturated carbocycles. The highest BCUT2D eigenvalue weighted by Crippen LogP contribution is 2.34. The lowest BCUT2D eigenvalue weighted by molar-refractivity contribution is -0.113. The zero-order valence-electron chi connectivity index (χ0n) is 14.9. The third-order valence-electron chi connectivity index (χ3n) is 4.10. The highest BCUT2D eigenvalue weighted by Gasteiger charge is 2.15. The summed E-state index contributed by atoms with van der Waals surface area (Å²) in [5.74, 6) is 1.87. The van der Waals surface area contributed by atoms with E-state index in [-0.39, 0.29) is 18.5 Å². The van der Waals surface area contributed by atoms with Crippen molar-refractivity contribution in [2.75, 3.05) is 25.0 Å². The molecule has 28 heavy (non-hydrogen) atoms. The number of benzene rings is 2. The van der Waals surface area contributed by atoms with Crippen molar-refractivity contribution in [3.05, 3.63) is 48.0 Å². The Morgan fingerprint density at radius 1 is 1.25 bits per heavy atom. The molecule has 1 N–H and O–H groups in total. The van der Waals surface area contributed by atoms with E-state index in [9.17, 15) is 10.1 Å². The molecule has 1 aliphatic heterocycles. The van der Waals surface area contributed by atoms with Gasteiger partial charge in [0.05, 0.1) is 23.9 Å². The van der Waals surface area contributed by atoms with Crippen LogP contribution >= 0.6 is 11.8 Å². The summed E-state index contributed by atoms with van der Waals surface area (Å²) in [5, 5.41) is 13.6. The molecule has 0 spiro atoms. The molecular weight excluding hydrogens is 378 g/mol. The van der Waals surface area contributed by atoms with E-state index in [1.807, 2.05) is 18.2 Å². The minimum absolute atomic E-state index is 0.123. The largest absolute Gasteiger partial charge is 0.497 e. The van der Waals surface area contributed by atoms with E-state index in [2.05, 4.69) is 16.4 Å². The molecule has 1 amide bonds. The SMILES string of the molecule is COc1ccc2nc(SCC(=O)Nc3ccc4c(c3)OCO4)c(C#N)cc2c1. The maximum atomic E-state index is 12.3. The topological polar surface area (TPSA) is 93.5 Å². The van der Waals surface area contributed by atoms with E-state index in [1.54, 1.807) is 31.4 Å². The standard InChI is InChI=1S/C20H15N3O4S/c1-25-15-3-4-16-12(7-15)6-13(9-21)20(23-16)28-10-19(24)22-14-2-5-17-18(8-14)27-11-26-17/h2-8H,10-11H2,1H3,(H,22,24).